The minimum Gasteiger partial charge on any atom is -0.395 e. The van der Waals surface area contributed by atoms with E-state index in [1.807, 2.05) is 0 Å². The molecule has 1 saturated heterocycles. The molecule has 0 saturated carbocycles. The smallest absolute Gasteiger partial charge is 0.0558 e. The maximum absolute atomic E-state index is 8.86. The van der Waals surface area contributed by atoms with Gasteiger partial charge in [0.25, 0.3) is 0 Å². The Morgan fingerprint density at radius 2 is 2.33 bits per heavy atom. The first-order chi connectivity index (χ1) is 5.88. The summed E-state index contributed by atoms with van der Waals surface area (Å²) in [4.78, 5) is 2.39. The van der Waals surface area contributed by atoms with Crippen LogP contribution in [0.5, 0.6) is 0 Å². The van der Waals surface area contributed by atoms with Crippen LogP contribution < -0.4 is 5.32 Å². The van der Waals surface area contributed by atoms with Crippen LogP contribution in [0.4, 0.5) is 0 Å². The fourth-order valence-electron chi connectivity index (χ4n) is 1.84. The van der Waals surface area contributed by atoms with E-state index in [9.17, 15) is 0 Å². The van der Waals surface area contributed by atoms with Gasteiger partial charge in [0.05, 0.1) is 6.61 Å². The number of nitrogens with one attached hydrogen (secondary N) is 1. The van der Waals surface area contributed by atoms with Crippen LogP contribution in [-0.4, -0.2) is 48.8 Å². The van der Waals surface area contributed by atoms with Crippen molar-refractivity contribution in [1.82, 2.24) is 10.2 Å². The predicted molar refractivity (Wildman–Crippen MR) is 50.2 cm³/mol. The number of aliphatic hydroxyl groups is 1. The van der Waals surface area contributed by atoms with Gasteiger partial charge in [0, 0.05) is 19.1 Å². The van der Waals surface area contributed by atoms with Gasteiger partial charge in [-0.05, 0) is 25.9 Å². The van der Waals surface area contributed by atoms with Gasteiger partial charge >= 0.3 is 0 Å². The molecule has 1 heterocycles. The molecular weight excluding hydrogens is 152 g/mol. The van der Waals surface area contributed by atoms with Crippen molar-refractivity contribution >= 4 is 0 Å². The third-order valence-corrected chi connectivity index (χ3v) is 2.45. The second-order valence-electron chi connectivity index (χ2n) is 3.41. The highest BCUT2D eigenvalue weighted by molar-refractivity contribution is 4.80. The molecule has 1 fully saturated rings. The lowest BCUT2D eigenvalue weighted by Gasteiger charge is -2.26. The van der Waals surface area contributed by atoms with E-state index >= 15 is 0 Å². The Hall–Kier alpha value is -0.120. The molecule has 72 valence electrons. The fraction of sp³-hybridized carbons (Fsp3) is 1.00. The van der Waals surface area contributed by atoms with Gasteiger partial charge in [0.1, 0.15) is 0 Å². The molecule has 1 rings (SSSR count). The van der Waals surface area contributed by atoms with Gasteiger partial charge in [0.15, 0.2) is 0 Å². The van der Waals surface area contributed by atoms with E-state index in [2.05, 4.69) is 17.1 Å². The van der Waals surface area contributed by atoms with Crippen LogP contribution in [-0.2, 0) is 0 Å². The average molecular weight is 172 g/mol. The summed E-state index contributed by atoms with van der Waals surface area (Å²) in [5.74, 6) is 0. The molecule has 0 bridgehead atoms. The zero-order chi connectivity index (χ0) is 8.81. The predicted octanol–water partition coefficient (Wildman–Crippen LogP) is 0.0526. The molecule has 0 amide bonds. The minimum absolute atomic E-state index is 0.288. The molecule has 12 heavy (non-hydrogen) atoms. The van der Waals surface area contributed by atoms with Crippen molar-refractivity contribution in [2.24, 2.45) is 0 Å². The van der Waals surface area contributed by atoms with Crippen LogP contribution in [0.25, 0.3) is 0 Å². The standard InChI is InChI=1S/C9H20N2O/c1-2-5-11(6-7-12)9-3-4-10-8-9/h9-10,12H,2-8H2,1H3. The Balaban J connectivity index is 2.29. The van der Waals surface area contributed by atoms with E-state index < -0.39 is 0 Å². The Kier molecular flexibility index (Phi) is 4.58. The minimum atomic E-state index is 0.288. The number of nitrogens with zero attached hydrogens (tertiary/aromatic N) is 1. The van der Waals surface area contributed by atoms with Crippen LogP contribution in [0.15, 0.2) is 0 Å². The molecular formula is C9H20N2O. The highest BCUT2D eigenvalue weighted by Crippen LogP contribution is 2.08. The summed E-state index contributed by atoms with van der Waals surface area (Å²) in [6, 6.07) is 0.664. The van der Waals surface area contributed by atoms with E-state index in [4.69, 9.17) is 5.11 Å². The summed E-state index contributed by atoms with van der Waals surface area (Å²) in [6.07, 6.45) is 2.41. The van der Waals surface area contributed by atoms with Gasteiger partial charge < -0.3 is 10.4 Å². The first-order valence-corrected chi connectivity index (χ1v) is 4.94. The van der Waals surface area contributed by atoms with Gasteiger partial charge in [0.2, 0.25) is 0 Å². The summed E-state index contributed by atoms with van der Waals surface area (Å²) in [5, 5.41) is 12.2. The first-order valence-electron chi connectivity index (χ1n) is 4.94. The molecule has 1 atom stereocenters. The van der Waals surface area contributed by atoms with Crippen molar-refractivity contribution in [2.45, 2.75) is 25.8 Å². The summed E-state index contributed by atoms with van der Waals surface area (Å²) in [7, 11) is 0. The van der Waals surface area contributed by atoms with Crippen molar-refractivity contribution in [2.75, 3.05) is 32.8 Å². The Morgan fingerprint density at radius 3 is 2.83 bits per heavy atom. The highest BCUT2D eigenvalue weighted by Gasteiger charge is 2.20. The van der Waals surface area contributed by atoms with Crippen LogP contribution in [0.3, 0.4) is 0 Å². The Morgan fingerprint density at radius 1 is 1.50 bits per heavy atom. The molecule has 1 aliphatic heterocycles. The van der Waals surface area contributed by atoms with Gasteiger partial charge in [-0.1, -0.05) is 6.92 Å². The van der Waals surface area contributed by atoms with Crippen molar-refractivity contribution in [3.05, 3.63) is 0 Å². The monoisotopic (exact) mass is 172 g/mol. The molecule has 2 N–H and O–H groups in total. The molecule has 1 aliphatic rings. The molecule has 0 aromatic heterocycles. The van der Waals surface area contributed by atoms with E-state index in [-0.39, 0.29) is 6.61 Å². The van der Waals surface area contributed by atoms with Gasteiger partial charge in [-0.3, -0.25) is 4.90 Å². The molecule has 0 radical (unpaired) electrons. The van der Waals surface area contributed by atoms with Gasteiger partial charge in [-0.2, -0.15) is 0 Å². The molecule has 0 spiro atoms. The third kappa shape index (κ3) is 2.73. The number of aliphatic hydroxyl groups excluding tert-OH is 1. The zero-order valence-electron chi connectivity index (χ0n) is 7.92. The van der Waals surface area contributed by atoms with Crippen LogP contribution in [0.1, 0.15) is 19.8 Å². The topological polar surface area (TPSA) is 35.5 Å². The molecule has 0 aromatic carbocycles. The Labute approximate surface area is 74.8 Å². The number of hydrogen-bond donors (Lipinski definition) is 2. The highest BCUT2D eigenvalue weighted by atomic mass is 16.3. The lowest BCUT2D eigenvalue weighted by atomic mass is 10.2. The van der Waals surface area contributed by atoms with E-state index in [1.54, 1.807) is 0 Å². The second-order valence-corrected chi connectivity index (χ2v) is 3.41. The van der Waals surface area contributed by atoms with Crippen molar-refractivity contribution in [1.29, 1.82) is 0 Å². The van der Waals surface area contributed by atoms with Crippen LogP contribution in [0, 0.1) is 0 Å². The summed E-state index contributed by atoms with van der Waals surface area (Å²) in [5.41, 5.74) is 0. The number of hydrogen-bond acceptors (Lipinski definition) is 3. The van der Waals surface area contributed by atoms with Crippen molar-refractivity contribution < 1.29 is 5.11 Å². The second kappa shape index (κ2) is 5.51. The van der Waals surface area contributed by atoms with Crippen molar-refractivity contribution in [3.63, 3.8) is 0 Å². The van der Waals surface area contributed by atoms with Crippen LogP contribution >= 0.6 is 0 Å². The molecule has 3 heteroatoms. The average Bonchev–Trinajstić information content (AvgIpc) is 2.56. The van der Waals surface area contributed by atoms with E-state index in [0.717, 1.165) is 26.2 Å². The molecule has 0 aliphatic carbocycles. The van der Waals surface area contributed by atoms with Crippen LogP contribution in [0.2, 0.25) is 0 Å². The lowest BCUT2D eigenvalue weighted by Crippen LogP contribution is -2.39. The normalized spacial score (nSPS) is 23.8. The maximum atomic E-state index is 8.86. The summed E-state index contributed by atoms with van der Waals surface area (Å²) < 4.78 is 0. The van der Waals surface area contributed by atoms with Crippen molar-refractivity contribution in [3.8, 4) is 0 Å². The zero-order valence-corrected chi connectivity index (χ0v) is 7.92. The molecule has 0 aromatic rings. The fourth-order valence-corrected chi connectivity index (χ4v) is 1.84. The van der Waals surface area contributed by atoms with E-state index in [1.165, 1.54) is 12.8 Å². The lowest BCUT2D eigenvalue weighted by molar-refractivity contribution is 0.158. The summed E-state index contributed by atoms with van der Waals surface area (Å²) >= 11 is 0. The van der Waals surface area contributed by atoms with Gasteiger partial charge in [-0.25, -0.2) is 0 Å². The third-order valence-electron chi connectivity index (χ3n) is 2.45. The largest absolute Gasteiger partial charge is 0.395 e. The molecule has 1 unspecified atom stereocenters. The Bertz CT molecular complexity index is 107. The molecule has 3 nitrogen and oxygen atoms in total. The summed E-state index contributed by atoms with van der Waals surface area (Å²) in [6.45, 7) is 6.66. The number of rotatable bonds is 5. The van der Waals surface area contributed by atoms with Gasteiger partial charge in [-0.15, -0.1) is 0 Å². The first kappa shape index (κ1) is 9.96. The maximum Gasteiger partial charge on any atom is 0.0558 e. The van der Waals surface area contributed by atoms with E-state index in [0.29, 0.717) is 6.04 Å². The quantitative estimate of drug-likeness (QED) is 0.615. The SMILES string of the molecule is CCCN(CCO)C1CCNC1.